The second-order valence-electron chi connectivity index (χ2n) is 7.07. The zero-order chi connectivity index (χ0) is 20.3. The van der Waals surface area contributed by atoms with E-state index >= 15 is 0 Å². The van der Waals surface area contributed by atoms with Crippen molar-refractivity contribution < 1.29 is 28.9 Å². The molecule has 0 aromatic heterocycles. The van der Waals surface area contributed by atoms with Crippen molar-refractivity contribution >= 4 is 11.9 Å². The molecule has 1 N–H and O–H groups in total. The van der Waals surface area contributed by atoms with E-state index < -0.39 is 23.6 Å². The molecule has 28 heavy (non-hydrogen) atoms. The van der Waals surface area contributed by atoms with Gasteiger partial charge in [0.1, 0.15) is 18.3 Å². The quantitative estimate of drug-likeness (QED) is 0.629. The van der Waals surface area contributed by atoms with Crippen LogP contribution in [0.3, 0.4) is 0 Å². The molecule has 2 aromatic carbocycles. The Kier molecular flexibility index (Phi) is 5.70. The molecular formula is C22H24O6. The summed E-state index contributed by atoms with van der Waals surface area (Å²) in [5.41, 5.74) is 0.838. The van der Waals surface area contributed by atoms with Crippen LogP contribution in [0.5, 0.6) is 11.5 Å². The maximum absolute atomic E-state index is 11.7. The van der Waals surface area contributed by atoms with E-state index in [4.69, 9.17) is 14.2 Å². The highest BCUT2D eigenvalue weighted by atomic mass is 16.6. The number of carbonyl (C=O) groups excluding carboxylic acids is 2. The molecule has 1 aliphatic carbocycles. The van der Waals surface area contributed by atoms with Gasteiger partial charge in [0.15, 0.2) is 11.5 Å². The van der Waals surface area contributed by atoms with E-state index in [1.807, 2.05) is 30.3 Å². The summed E-state index contributed by atoms with van der Waals surface area (Å²) in [4.78, 5) is 23.1. The van der Waals surface area contributed by atoms with Gasteiger partial charge in [-0.3, -0.25) is 9.59 Å². The molecule has 0 saturated carbocycles. The average molecular weight is 384 g/mol. The van der Waals surface area contributed by atoms with Crippen LogP contribution in [0.1, 0.15) is 43.9 Å². The predicted octanol–water partition coefficient (Wildman–Crippen LogP) is 3.28. The summed E-state index contributed by atoms with van der Waals surface area (Å²) in [5.74, 6) is -0.182. The van der Waals surface area contributed by atoms with Gasteiger partial charge in [-0.2, -0.15) is 0 Å². The van der Waals surface area contributed by atoms with Crippen molar-refractivity contribution in [3.8, 4) is 11.5 Å². The molecule has 148 valence electrons. The fourth-order valence-electron chi connectivity index (χ4n) is 3.54. The Hall–Kier alpha value is -2.86. The van der Waals surface area contributed by atoms with Gasteiger partial charge in [-0.25, -0.2) is 0 Å². The van der Waals surface area contributed by atoms with Crippen LogP contribution in [-0.2, 0) is 33.0 Å². The highest BCUT2D eigenvalue weighted by molar-refractivity contribution is 5.72. The topological polar surface area (TPSA) is 82.1 Å². The van der Waals surface area contributed by atoms with E-state index in [2.05, 4.69) is 0 Å². The second kappa shape index (κ2) is 8.02. The Morgan fingerprint density at radius 2 is 1.82 bits per heavy atom. The highest BCUT2D eigenvalue weighted by Crippen LogP contribution is 2.45. The third-order valence-corrected chi connectivity index (χ3v) is 4.84. The first-order valence-electron chi connectivity index (χ1n) is 9.20. The van der Waals surface area contributed by atoms with Gasteiger partial charge in [-0.15, -0.1) is 0 Å². The standard InChI is InChI=1S/C22H24O6/c1-14(23)27-20-12-9-17-18(22(20,3)25)10-11-19(21(17)28-15(2)24)26-13-16-7-5-4-6-8-16/h4-8,10-11,20,25H,9,12-13H2,1-3H3. The Balaban J connectivity index is 1.96. The minimum atomic E-state index is -1.40. The first-order valence-corrected chi connectivity index (χ1v) is 9.20. The van der Waals surface area contributed by atoms with Crippen molar-refractivity contribution in [2.24, 2.45) is 0 Å². The molecule has 0 heterocycles. The molecule has 0 radical (unpaired) electrons. The lowest BCUT2D eigenvalue weighted by Gasteiger charge is -2.38. The van der Waals surface area contributed by atoms with Crippen LogP contribution in [0.25, 0.3) is 0 Å². The van der Waals surface area contributed by atoms with Gasteiger partial charge in [-0.1, -0.05) is 36.4 Å². The minimum Gasteiger partial charge on any atom is -0.485 e. The van der Waals surface area contributed by atoms with Crippen LogP contribution in [0, 0.1) is 0 Å². The van der Waals surface area contributed by atoms with E-state index in [9.17, 15) is 14.7 Å². The van der Waals surface area contributed by atoms with Crippen LogP contribution < -0.4 is 9.47 Å². The number of carbonyl (C=O) groups is 2. The summed E-state index contributed by atoms with van der Waals surface area (Å²) >= 11 is 0. The summed E-state index contributed by atoms with van der Waals surface area (Å²) in [7, 11) is 0. The van der Waals surface area contributed by atoms with E-state index in [-0.39, 0.29) is 0 Å². The molecule has 0 aliphatic heterocycles. The van der Waals surface area contributed by atoms with E-state index in [0.717, 1.165) is 5.56 Å². The number of fused-ring (bicyclic) bond motifs is 1. The van der Waals surface area contributed by atoms with Crippen LogP contribution >= 0.6 is 0 Å². The lowest BCUT2D eigenvalue weighted by Crippen LogP contribution is -2.43. The summed E-state index contributed by atoms with van der Waals surface area (Å²) in [6.07, 6.45) is 0.226. The fourth-order valence-corrected chi connectivity index (χ4v) is 3.54. The average Bonchev–Trinajstić information content (AvgIpc) is 2.63. The molecule has 1 aliphatic rings. The molecule has 2 aromatic rings. The first-order chi connectivity index (χ1) is 13.3. The smallest absolute Gasteiger partial charge is 0.308 e. The molecular weight excluding hydrogens is 360 g/mol. The number of benzene rings is 2. The van der Waals surface area contributed by atoms with Crippen molar-refractivity contribution in [3.05, 3.63) is 59.2 Å². The number of hydrogen-bond acceptors (Lipinski definition) is 6. The van der Waals surface area contributed by atoms with Crippen LogP contribution in [0.2, 0.25) is 0 Å². The SMILES string of the molecule is CC(=O)Oc1c(OCc2ccccc2)ccc2c1CCC(OC(C)=O)C2(C)O. The summed E-state index contributed by atoms with van der Waals surface area (Å²) in [6, 6.07) is 13.1. The first kappa shape index (κ1) is 19.9. The predicted molar refractivity (Wildman–Crippen MR) is 102 cm³/mol. The summed E-state index contributed by atoms with van der Waals surface area (Å²) < 4.78 is 16.7. The lowest BCUT2D eigenvalue weighted by atomic mass is 9.77. The van der Waals surface area contributed by atoms with Crippen molar-refractivity contribution in [2.75, 3.05) is 0 Å². The van der Waals surface area contributed by atoms with E-state index in [1.54, 1.807) is 19.1 Å². The van der Waals surface area contributed by atoms with Gasteiger partial charge in [0.2, 0.25) is 0 Å². The maximum atomic E-state index is 11.7. The second-order valence-corrected chi connectivity index (χ2v) is 7.07. The lowest BCUT2D eigenvalue weighted by molar-refractivity contribution is -0.164. The fraction of sp³-hybridized carbons (Fsp3) is 0.364. The molecule has 2 atom stereocenters. The zero-order valence-corrected chi connectivity index (χ0v) is 16.2. The summed E-state index contributed by atoms with van der Waals surface area (Å²) in [6.45, 7) is 4.56. The molecule has 0 bridgehead atoms. The third-order valence-electron chi connectivity index (χ3n) is 4.84. The number of rotatable bonds is 5. The molecule has 0 fully saturated rings. The molecule has 2 unspecified atom stereocenters. The monoisotopic (exact) mass is 384 g/mol. The number of ether oxygens (including phenoxy) is 3. The van der Waals surface area contributed by atoms with Crippen molar-refractivity contribution in [2.45, 2.75) is 51.9 Å². The Morgan fingerprint density at radius 1 is 1.11 bits per heavy atom. The van der Waals surface area contributed by atoms with Crippen LogP contribution in [0.4, 0.5) is 0 Å². The largest absolute Gasteiger partial charge is 0.485 e. The molecule has 6 heteroatoms. The van der Waals surface area contributed by atoms with Gasteiger partial charge in [-0.05, 0) is 37.0 Å². The summed E-state index contributed by atoms with van der Waals surface area (Å²) in [5, 5.41) is 11.0. The van der Waals surface area contributed by atoms with E-state index in [1.165, 1.54) is 13.8 Å². The Labute approximate surface area is 164 Å². The van der Waals surface area contributed by atoms with Crippen LogP contribution in [0.15, 0.2) is 42.5 Å². The molecule has 0 spiro atoms. The molecule has 3 rings (SSSR count). The van der Waals surface area contributed by atoms with Gasteiger partial charge in [0.25, 0.3) is 0 Å². The minimum absolute atomic E-state index is 0.308. The molecule has 0 amide bonds. The van der Waals surface area contributed by atoms with Gasteiger partial charge >= 0.3 is 11.9 Å². The van der Waals surface area contributed by atoms with Crippen molar-refractivity contribution in [3.63, 3.8) is 0 Å². The van der Waals surface area contributed by atoms with Gasteiger partial charge in [0.05, 0.1) is 0 Å². The Bertz CT molecular complexity index is 872. The zero-order valence-electron chi connectivity index (χ0n) is 16.2. The maximum Gasteiger partial charge on any atom is 0.308 e. The van der Waals surface area contributed by atoms with Crippen LogP contribution in [-0.4, -0.2) is 23.1 Å². The number of aliphatic hydroxyl groups is 1. The molecule has 6 nitrogen and oxygen atoms in total. The van der Waals surface area contributed by atoms with Gasteiger partial charge in [0, 0.05) is 19.4 Å². The number of esters is 2. The van der Waals surface area contributed by atoms with Crippen molar-refractivity contribution in [1.29, 1.82) is 0 Å². The normalized spacial score (nSPS) is 20.8. The van der Waals surface area contributed by atoms with E-state index in [0.29, 0.717) is 42.1 Å². The number of hydrogen-bond donors (Lipinski definition) is 1. The van der Waals surface area contributed by atoms with Crippen molar-refractivity contribution in [1.82, 2.24) is 0 Å². The molecule has 0 saturated heterocycles. The van der Waals surface area contributed by atoms with Gasteiger partial charge < -0.3 is 19.3 Å². The third kappa shape index (κ3) is 4.17. The highest BCUT2D eigenvalue weighted by Gasteiger charge is 2.43. The Morgan fingerprint density at radius 3 is 2.46 bits per heavy atom.